The van der Waals surface area contributed by atoms with Crippen LogP contribution in [0.25, 0.3) is 0 Å². The highest BCUT2D eigenvalue weighted by Gasteiger charge is 2.44. The molecular formula is C22H21BrN2O3. The number of fused-ring (bicyclic) bond motifs is 1. The number of carbonyl (C=O) groups is 2. The standard InChI is InChI=1S/C22H21BrN2O3/c1-12-11-17-19(21(26)18(12)22(27)28-2)20(13-7-3-4-8-14(13)23)25-16-10-6-5-9-15(16)24-17/h3-10,12,18,20,24-25H,11H2,1-2H3/t12-,18-,20+/m1/s1. The fourth-order valence-corrected chi connectivity index (χ4v) is 4.59. The molecule has 2 aromatic carbocycles. The Labute approximate surface area is 172 Å². The third-order valence-corrected chi connectivity index (χ3v) is 6.16. The van der Waals surface area contributed by atoms with Gasteiger partial charge >= 0.3 is 5.97 Å². The Kier molecular flexibility index (Phi) is 4.98. The highest BCUT2D eigenvalue weighted by molar-refractivity contribution is 9.10. The zero-order valence-corrected chi connectivity index (χ0v) is 17.2. The molecule has 4 rings (SSSR count). The van der Waals surface area contributed by atoms with E-state index in [4.69, 9.17) is 4.74 Å². The number of ether oxygens (including phenoxy) is 1. The molecule has 1 heterocycles. The lowest BCUT2D eigenvalue weighted by atomic mass is 9.75. The van der Waals surface area contributed by atoms with E-state index in [1.807, 2.05) is 55.5 Å². The summed E-state index contributed by atoms with van der Waals surface area (Å²) in [4.78, 5) is 25.9. The summed E-state index contributed by atoms with van der Waals surface area (Å²) < 4.78 is 5.84. The van der Waals surface area contributed by atoms with Crippen molar-refractivity contribution in [2.24, 2.45) is 11.8 Å². The van der Waals surface area contributed by atoms with Crippen LogP contribution in [-0.2, 0) is 14.3 Å². The molecular weight excluding hydrogens is 420 g/mol. The number of Topliss-reactive ketones (excluding diaryl/α,β-unsaturated/α-hetero) is 1. The van der Waals surface area contributed by atoms with Gasteiger partial charge in [0.15, 0.2) is 5.78 Å². The van der Waals surface area contributed by atoms with Crippen molar-refractivity contribution in [1.82, 2.24) is 0 Å². The SMILES string of the molecule is COC(=O)[C@H]1C(=O)C2=C(C[C@H]1C)Nc1ccccc1N[C@H]2c1ccccc1Br. The van der Waals surface area contributed by atoms with Gasteiger partial charge in [0.1, 0.15) is 5.92 Å². The van der Waals surface area contributed by atoms with Gasteiger partial charge in [-0.25, -0.2) is 0 Å². The van der Waals surface area contributed by atoms with Crippen molar-refractivity contribution in [1.29, 1.82) is 0 Å². The van der Waals surface area contributed by atoms with Gasteiger partial charge in [0.2, 0.25) is 0 Å². The van der Waals surface area contributed by atoms with E-state index in [1.165, 1.54) is 7.11 Å². The Morgan fingerprint density at radius 3 is 2.50 bits per heavy atom. The average molecular weight is 441 g/mol. The van der Waals surface area contributed by atoms with Crippen LogP contribution in [-0.4, -0.2) is 18.9 Å². The number of hydrogen-bond acceptors (Lipinski definition) is 5. The second-order valence-electron chi connectivity index (χ2n) is 7.21. The number of esters is 1. The maximum Gasteiger partial charge on any atom is 0.316 e. The molecule has 1 aliphatic carbocycles. The highest BCUT2D eigenvalue weighted by atomic mass is 79.9. The molecule has 144 valence electrons. The molecule has 2 aliphatic rings. The number of carbonyl (C=O) groups excluding carboxylic acids is 2. The first kappa shape index (κ1) is 18.7. The second kappa shape index (κ2) is 7.43. The van der Waals surface area contributed by atoms with E-state index in [-0.39, 0.29) is 17.7 Å². The zero-order chi connectivity index (χ0) is 19.8. The molecule has 0 fully saturated rings. The van der Waals surface area contributed by atoms with Gasteiger partial charge in [-0.3, -0.25) is 9.59 Å². The van der Waals surface area contributed by atoms with Crippen LogP contribution in [0, 0.1) is 11.8 Å². The average Bonchev–Trinajstić information content (AvgIpc) is 2.84. The molecule has 2 N–H and O–H groups in total. The van der Waals surface area contributed by atoms with Crippen LogP contribution >= 0.6 is 15.9 Å². The van der Waals surface area contributed by atoms with Crippen molar-refractivity contribution in [3.8, 4) is 0 Å². The van der Waals surface area contributed by atoms with E-state index in [0.717, 1.165) is 27.1 Å². The number of methoxy groups -OCH3 is 1. The lowest BCUT2D eigenvalue weighted by Gasteiger charge is -2.32. The summed E-state index contributed by atoms with van der Waals surface area (Å²) in [5.74, 6) is -1.60. The van der Waals surface area contributed by atoms with Crippen molar-refractivity contribution < 1.29 is 14.3 Å². The zero-order valence-electron chi connectivity index (χ0n) is 15.7. The van der Waals surface area contributed by atoms with Crippen molar-refractivity contribution >= 4 is 39.1 Å². The third-order valence-electron chi connectivity index (χ3n) is 5.44. The molecule has 2 aromatic rings. The quantitative estimate of drug-likeness (QED) is 0.524. The largest absolute Gasteiger partial charge is 0.468 e. The van der Waals surface area contributed by atoms with Gasteiger partial charge in [-0.1, -0.05) is 53.2 Å². The van der Waals surface area contributed by atoms with Gasteiger partial charge < -0.3 is 15.4 Å². The van der Waals surface area contributed by atoms with Crippen LogP contribution in [0.15, 0.2) is 64.3 Å². The number of ketones is 1. The molecule has 0 saturated heterocycles. The summed E-state index contributed by atoms with van der Waals surface area (Å²) in [5.41, 5.74) is 4.22. The van der Waals surface area contributed by atoms with Gasteiger partial charge in [0.25, 0.3) is 0 Å². The van der Waals surface area contributed by atoms with E-state index in [0.29, 0.717) is 12.0 Å². The molecule has 1 aliphatic heterocycles. The molecule has 0 spiro atoms. The van der Waals surface area contributed by atoms with Crippen molar-refractivity contribution in [2.75, 3.05) is 17.7 Å². The maximum absolute atomic E-state index is 13.5. The molecule has 0 bridgehead atoms. The molecule has 6 heteroatoms. The molecule has 5 nitrogen and oxygen atoms in total. The number of benzene rings is 2. The summed E-state index contributed by atoms with van der Waals surface area (Å²) in [7, 11) is 1.33. The van der Waals surface area contributed by atoms with Crippen molar-refractivity contribution in [3.05, 3.63) is 69.8 Å². The third kappa shape index (κ3) is 3.11. The van der Waals surface area contributed by atoms with E-state index >= 15 is 0 Å². The fraction of sp³-hybridized carbons (Fsp3) is 0.273. The van der Waals surface area contributed by atoms with E-state index < -0.39 is 11.9 Å². The monoisotopic (exact) mass is 440 g/mol. The number of halogens is 1. The fourth-order valence-electron chi connectivity index (χ4n) is 4.08. The van der Waals surface area contributed by atoms with Crippen LogP contribution in [0.1, 0.15) is 24.9 Å². The van der Waals surface area contributed by atoms with Gasteiger partial charge in [0.05, 0.1) is 24.5 Å². The number of allylic oxidation sites excluding steroid dienone is 1. The first-order chi connectivity index (χ1) is 13.5. The van der Waals surface area contributed by atoms with E-state index in [9.17, 15) is 9.59 Å². The summed E-state index contributed by atoms with van der Waals surface area (Å²) in [6, 6.07) is 15.3. The Morgan fingerprint density at radius 2 is 1.79 bits per heavy atom. The topological polar surface area (TPSA) is 67.4 Å². The minimum Gasteiger partial charge on any atom is -0.468 e. The minimum atomic E-state index is -0.793. The highest BCUT2D eigenvalue weighted by Crippen LogP contribution is 2.44. The predicted octanol–water partition coefficient (Wildman–Crippen LogP) is 4.68. The van der Waals surface area contributed by atoms with Crippen LogP contribution < -0.4 is 10.6 Å². The van der Waals surface area contributed by atoms with Crippen LogP contribution in [0.5, 0.6) is 0 Å². The normalized spacial score (nSPS) is 23.7. The van der Waals surface area contributed by atoms with Crippen LogP contribution in [0.3, 0.4) is 0 Å². The Morgan fingerprint density at radius 1 is 1.11 bits per heavy atom. The Balaban J connectivity index is 1.90. The Hall–Kier alpha value is -2.60. The molecule has 0 unspecified atom stereocenters. The second-order valence-corrected chi connectivity index (χ2v) is 8.06. The number of para-hydroxylation sites is 2. The van der Waals surface area contributed by atoms with Gasteiger partial charge in [-0.15, -0.1) is 0 Å². The predicted molar refractivity (Wildman–Crippen MR) is 112 cm³/mol. The number of nitrogens with one attached hydrogen (secondary N) is 2. The molecule has 3 atom stereocenters. The van der Waals surface area contributed by atoms with Gasteiger partial charge in [-0.2, -0.15) is 0 Å². The smallest absolute Gasteiger partial charge is 0.316 e. The number of hydrogen-bond donors (Lipinski definition) is 2. The lowest BCUT2D eigenvalue weighted by Crippen LogP contribution is -2.39. The molecule has 0 radical (unpaired) electrons. The summed E-state index contributed by atoms with van der Waals surface area (Å²) in [6.07, 6.45) is 0.595. The van der Waals surface area contributed by atoms with Crippen molar-refractivity contribution in [2.45, 2.75) is 19.4 Å². The summed E-state index contributed by atoms with van der Waals surface area (Å²) in [6.45, 7) is 1.92. The van der Waals surface area contributed by atoms with E-state index in [1.54, 1.807) is 0 Å². The van der Waals surface area contributed by atoms with Crippen molar-refractivity contribution in [3.63, 3.8) is 0 Å². The van der Waals surface area contributed by atoms with E-state index in [2.05, 4.69) is 26.6 Å². The van der Waals surface area contributed by atoms with Gasteiger partial charge in [0, 0.05) is 15.7 Å². The minimum absolute atomic E-state index is 0.142. The lowest BCUT2D eigenvalue weighted by molar-refractivity contribution is -0.151. The van der Waals surface area contributed by atoms with Gasteiger partial charge in [-0.05, 0) is 36.1 Å². The molecule has 28 heavy (non-hydrogen) atoms. The van der Waals surface area contributed by atoms with Crippen LogP contribution in [0.4, 0.5) is 11.4 Å². The first-order valence-corrected chi connectivity index (χ1v) is 10.0. The molecule has 0 amide bonds. The number of anilines is 2. The molecule has 0 saturated carbocycles. The van der Waals surface area contributed by atoms with Crippen LogP contribution in [0.2, 0.25) is 0 Å². The molecule has 0 aromatic heterocycles. The maximum atomic E-state index is 13.5. The Bertz CT molecular complexity index is 985. The summed E-state index contributed by atoms with van der Waals surface area (Å²) in [5, 5.41) is 6.96. The summed E-state index contributed by atoms with van der Waals surface area (Å²) >= 11 is 3.62. The first-order valence-electron chi connectivity index (χ1n) is 9.23. The number of rotatable bonds is 2.